The van der Waals surface area contributed by atoms with Gasteiger partial charge in [-0.25, -0.2) is 8.42 Å². The zero-order valence-corrected chi connectivity index (χ0v) is 15.8. The molecule has 2 rings (SSSR count). The Balaban J connectivity index is 2.11. The molecule has 0 aromatic heterocycles. The molecule has 128 valence electrons. The van der Waals surface area contributed by atoms with Gasteiger partial charge in [0.05, 0.1) is 4.90 Å². The fourth-order valence-corrected chi connectivity index (χ4v) is 3.60. The largest absolute Gasteiger partial charge is 0.325 e. The summed E-state index contributed by atoms with van der Waals surface area (Å²) in [6.45, 7) is 3.70. The molecule has 7 heteroatoms. The van der Waals surface area contributed by atoms with Crippen LogP contribution in [0.5, 0.6) is 0 Å². The highest BCUT2D eigenvalue weighted by molar-refractivity contribution is 9.10. The van der Waals surface area contributed by atoms with Gasteiger partial charge in [-0.1, -0.05) is 40.5 Å². The number of carbonyl (C=O) groups is 1. The third-order valence-corrected chi connectivity index (χ3v) is 5.48. The number of rotatable bonds is 6. The highest BCUT2D eigenvalue weighted by Gasteiger charge is 2.24. The Morgan fingerprint density at radius 1 is 1.08 bits per heavy atom. The van der Waals surface area contributed by atoms with Gasteiger partial charge in [-0.05, 0) is 49.7 Å². The molecule has 1 amide bonds. The molecule has 24 heavy (non-hydrogen) atoms. The van der Waals surface area contributed by atoms with E-state index in [1.165, 1.54) is 12.1 Å². The maximum absolute atomic E-state index is 12.4. The van der Waals surface area contributed by atoms with Gasteiger partial charge in [0.25, 0.3) is 0 Å². The van der Waals surface area contributed by atoms with E-state index in [1.807, 2.05) is 19.1 Å². The molecular formula is C17H19BrN2O3S. The lowest BCUT2D eigenvalue weighted by molar-refractivity contribution is -0.117. The average molecular weight is 411 g/mol. The zero-order valence-electron chi connectivity index (χ0n) is 13.4. The highest BCUT2D eigenvalue weighted by Crippen LogP contribution is 2.16. The molecule has 0 spiro atoms. The summed E-state index contributed by atoms with van der Waals surface area (Å²) in [5.74, 6) is -0.387. The van der Waals surface area contributed by atoms with Crippen molar-refractivity contribution in [3.8, 4) is 0 Å². The Labute approximate surface area is 150 Å². The molecule has 0 saturated heterocycles. The second kappa shape index (κ2) is 7.92. The van der Waals surface area contributed by atoms with Crippen LogP contribution in [0.1, 0.15) is 18.9 Å². The molecule has 2 aromatic rings. The molecule has 2 N–H and O–H groups in total. The van der Waals surface area contributed by atoms with Crippen molar-refractivity contribution in [1.29, 1.82) is 0 Å². The van der Waals surface area contributed by atoms with Gasteiger partial charge >= 0.3 is 0 Å². The molecule has 0 bridgehead atoms. The first kappa shape index (κ1) is 18.6. The van der Waals surface area contributed by atoms with Gasteiger partial charge < -0.3 is 5.32 Å². The van der Waals surface area contributed by atoms with Crippen LogP contribution in [0.25, 0.3) is 0 Å². The van der Waals surface area contributed by atoms with Crippen LogP contribution in [-0.4, -0.2) is 20.4 Å². The van der Waals surface area contributed by atoms with Gasteiger partial charge in [-0.15, -0.1) is 0 Å². The van der Waals surface area contributed by atoms with E-state index >= 15 is 0 Å². The highest BCUT2D eigenvalue weighted by atomic mass is 79.9. The van der Waals surface area contributed by atoms with Crippen LogP contribution in [-0.2, 0) is 14.8 Å². The molecule has 0 aliphatic carbocycles. The monoisotopic (exact) mass is 410 g/mol. The molecule has 1 unspecified atom stereocenters. The predicted octanol–water partition coefficient (Wildman–Crippen LogP) is 3.45. The molecule has 0 saturated carbocycles. The average Bonchev–Trinajstić information content (AvgIpc) is 2.55. The van der Waals surface area contributed by atoms with E-state index in [4.69, 9.17) is 0 Å². The van der Waals surface area contributed by atoms with Crippen molar-refractivity contribution >= 4 is 37.5 Å². The van der Waals surface area contributed by atoms with Crippen LogP contribution in [0.2, 0.25) is 0 Å². The molecule has 0 heterocycles. The summed E-state index contributed by atoms with van der Waals surface area (Å²) >= 11 is 3.26. The second-order valence-corrected chi connectivity index (χ2v) is 8.02. The topological polar surface area (TPSA) is 75.3 Å². The Kier molecular flexibility index (Phi) is 6.15. The lowest BCUT2D eigenvalue weighted by atomic mass is 10.2. The summed E-state index contributed by atoms with van der Waals surface area (Å²) in [5.41, 5.74) is 1.71. The zero-order chi connectivity index (χ0) is 17.7. The minimum Gasteiger partial charge on any atom is -0.325 e. The minimum absolute atomic E-state index is 0.118. The summed E-state index contributed by atoms with van der Waals surface area (Å²) in [7, 11) is -3.76. The first-order chi connectivity index (χ1) is 11.3. The number of amides is 1. The maximum Gasteiger partial charge on any atom is 0.242 e. The number of nitrogens with one attached hydrogen (secondary N) is 2. The Morgan fingerprint density at radius 3 is 2.21 bits per heavy atom. The van der Waals surface area contributed by atoms with E-state index in [-0.39, 0.29) is 10.8 Å². The molecular weight excluding hydrogens is 392 g/mol. The summed E-state index contributed by atoms with van der Waals surface area (Å²) < 4.78 is 28.1. The van der Waals surface area contributed by atoms with Crippen molar-refractivity contribution in [3.05, 3.63) is 58.6 Å². The summed E-state index contributed by atoms with van der Waals surface area (Å²) in [6.07, 6.45) is 0.341. The molecule has 0 fully saturated rings. The number of aryl methyl sites for hydroxylation is 1. The molecule has 2 aromatic carbocycles. The fraction of sp³-hybridized carbons (Fsp3) is 0.235. The molecule has 1 atom stereocenters. The Hall–Kier alpha value is -1.70. The van der Waals surface area contributed by atoms with Gasteiger partial charge in [0.2, 0.25) is 15.9 Å². The SMILES string of the molecule is CCC(NS(=O)(=O)c1ccc(Br)cc1)C(=O)Nc1ccc(C)cc1. The van der Waals surface area contributed by atoms with E-state index in [9.17, 15) is 13.2 Å². The number of hydrogen-bond acceptors (Lipinski definition) is 3. The first-order valence-electron chi connectivity index (χ1n) is 7.47. The van der Waals surface area contributed by atoms with Crippen LogP contribution >= 0.6 is 15.9 Å². The van der Waals surface area contributed by atoms with Crippen LogP contribution in [0.3, 0.4) is 0 Å². The third kappa shape index (κ3) is 4.90. The maximum atomic E-state index is 12.4. The summed E-state index contributed by atoms with van der Waals surface area (Å²) in [6, 6.07) is 12.7. The van der Waals surface area contributed by atoms with Gasteiger partial charge in [0, 0.05) is 10.2 Å². The standard InChI is InChI=1S/C17H19BrN2O3S/c1-3-16(17(21)19-14-8-4-12(2)5-9-14)20-24(22,23)15-10-6-13(18)7-11-15/h4-11,16,20H,3H2,1-2H3,(H,19,21). The first-order valence-corrected chi connectivity index (χ1v) is 9.75. The molecule has 0 aliphatic heterocycles. The minimum atomic E-state index is -3.76. The number of anilines is 1. The van der Waals surface area contributed by atoms with Crippen molar-refractivity contribution in [2.45, 2.75) is 31.2 Å². The van der Waals surface area contributed by atoms with Crippen molar-refractivity contribution in [2.75, 3.05) is 5.32 Å². The third-order valence-electron chi connectivity index (χ3n) is 3.47. The summed E-state index contributed by atoms with van der Waals surface area (Å²) in [5, 5.41) is 2.73. The van der Waals surface area contributed by atoms with E-state index < -0.39 is 16.1 Å². The molecule has 5 nitrogen and oxygen atoms in total. The van der Waals surface area contributed by atoms with Crippen molar-refractivity contribution in [3.63, 3.8) is 0 Å². The van der Waals surface area contributed by atoms with E-state index in [0.29, 0.717) is 12.1 Å². The molecule has 0 aliphatic rings. The summed E-state index contributed by atoms with van der Waals surface area (Å²) in [4.78, 5) is 12.5. The Morgan fingerprint density at radius 2 is 1.67 bits per heavy atom. The lowest BCUT2D eigenvalue weighted by Gasteiger charge is -2.17. The fourth-order valence-electron chi connectivity index (χ4n) is 2.06. The van der Waals surface area contributed by atoms with E-state index in [1.54, 1.807) is 31.2 Å². The number of carbonyl (C=O) groups excluding carboxylic acids is 1. The van der Waals surface area contributed by atoms with Crippen LogP contribution in [0.4, 0.5) is 5.69 Å². The second-order valence-electron chi connectivity index (χ2n) is 5.39. The number of benzene rings is 2. The van der Waals surface area contributed by atoms with Gasteiger partial charge in [0.15, 0.2) is 0 Å². The number of hydrogen-bond donors (Lipinski definition) is 2. The van der Waals surface area contributed by atoms with Crippen molar-refractivity contribution in [2.24, 2.45) is 0 Å². The van der Waals surface area contributed by atoms with Crippen LogP contribution < -0.4 is 10.0 Å². The van der Waals surface area contributed by atoms with Gasteiger partial charge in [-0.2, -0.15) is 4.72 Å². The smallest absolute Gasteiger partial charge is 0.242 e. The lowest BCUT2D eigenvalue weighted by Crippen LogP contribution is -2.43. The van der Waals surface area contributed by atoms with Crippen molar-refractivity contribution < 1.29 is 13.2 Å². The number of halogens is 1. The van der Waals surface area contributed by atoms with E-state index in [0.717, 1.165) is 10.0 Å². The van der Waals surface area contributed by atoms with Crippen LogP contribution in [0.15, 0.2) is 57.9 Å². The van der Waals surface area contributed by atoms with Gasteiger partial charge in [0.1, 0.15) is 6.04 Å². The normalized spacial score (nSPS) is 12.6. The van der Waals surface area contributed by atoms with Crippen molar-refractivity contribution in [1.82, 2.24) is 4.72 Å². The van der Waals surface area contributed by atoms with E-state index in [2.05, 4.69) is 26.0 Å². The molecule has 0 radical (unpaired) electrons. The number of sulfonamides is 1. The predicted molar refractivity (Wildman–Crippen MR) is 98.4 cm³/mol. The quantitative estimate of drug-likeness (QED) is 0.765. The van der Waals surface area contributed by atoms with Crippen LogP contribution in [0, 0.1) is 6.92 Å². The van der Waals surface area contributed by atoms with Gasteiger partial charge in [-0.3, -0.25) is 4.79 Å². The Bertz CT molecular complexity index is 803.